The molecule has 0 amide bonds. The lowest BCUT2D eigenvalue weighted by molar-refractivity contribution is 0.146. The minimum absolute atomic E-state index is 0.311. The number of alkyl halides is 2. The molecule has 1 heterocycles. The second-order valence-corrected chi connectivity index (χ2v) is 10.3. The maximum absolute atomic E-state index is 13.4. The van der Waals surface area contributed by atoms with Gasteiger partial charge in [0.05, 0.1) is 22.8 Å². The maximum Gasteiger partial charge on any atom is 0.281 e. The number of aryl methyl sites for hydroxylation is 1. The molecule has 0 aliphatic carbocycles. The Morgan fingerprint density at radius 3 is 2.50 bits per heavy atom. The molecule has 0 bridgehead atoms. The molecule has 0 saturated carbocycles. The summed E-state index contributed by atoms with van der Waals surface area (Å²) in [4.78, 5) is 4.63. The van der Waals surface area contributed by atoms with E-state index in [4.69, 9.17) is 23.2 Å². The Bertz CT molecular complexity index is 1490. The predicted octanol–water partition coefficient (Wildman–Crippen LogP) is 5.31. The highest BCUT2D eigenvalue weighted by atomic mass is 35.5. The van der Waals surface area contributed by atoms with Gasteiger partial charge in [0.15, 0.2) is 0 Å². The quantitative estimate of drug-likeness (QED) is 0.191. The first kappa shape index (κ1) is 27.5. The summed E-state index contributed by atoms with van der Waals surface area (Å²) < 4.78 is 43.5. The predicted molar refractivity (Wildman–Crippen MR) is 148 cm³/mol. The molecule has 198 valence electrons. The van der Waals surface area contributed by atoms with Gasteiger partial charge in [-0.25, -0.2) is 28.5 Å². The third kappa shape index (κ3) is 5.94. The Morgan fingerprint density at radius 2 is 1.87 bits per heavy atom. The van der Waals surface area contributed by atoms with Crippen molar-refractivity contribution >= 4 is 28.3 Å². The largest absolute Gasteiger partial charge is 0.403 e. The van der Waals surface area contributed by atoms with E-state index in [0.29, 0.717) is 39.2 Å². The molecule has 11 heteroatoms. The number of nitrogens with zero attached hydrogens (tertiary/aromatic N) is 3. The van der Waals surface area contributed by atoms with Crippen LogP contribution in [-0.4, -0.2) is 25.8 Å². The van der Waals surface area contributed by atoms with Crippen LogP contribution in [0.2, 0.25) is 5.02 Å². The monoisotopic (exact) mass is 556 g/mol. The van der Waals surface area contributed by atoms with Gasteiger partial charge in [-0.2, -0.15) is 0 Å². The minimum atomic E-state index is -2.71. The zero-order valence-electron chi connectivity index (χ0n) is 20.7. The Labute approximate surface area is 227 Å². The van der Waals surface area contributed by atoms with E-state index in [1.807, 2.05) is 42.5 Å². The summed E-state index contributed by atoms with van der Waals surface area (Å²) >= 11 is 6.02. The number of halogens is 3. The van der Waals surface area contributed by atoms with Crippen LogP contribution in [0.1, 0.15) is 29.1 Å². The highest BCUT2D eigenvalue weighted by Crippen LogP contribution is 2.32. The van der Waals surface area contributed by atoms with Crippen molar-refractivity contribution in [2.24, 2.45) is 11.6 Å². The van der Waals surface area contributed by atoms with Crippen LogP contribution in [0.15, 0.2) is 84.0 Å². The van der Waals surface area contributed by atoms with Crippen LogP contribution < -0.4 is 16.3 Å². The number of rotatable bonds is 9. The lowest BCUT2D eigenvalue weighted by Gasteiger charge is -2.25. The molecule has 0 fully saturated rings. The normalized spacial score (nSPS) is 12.7. The van der Waals surface area contributed by atoms with E-state index in [1.54, 1.807) is 42.8 Å². The van der Waals surface area contributed by atoms with Gasteiger partial charge >= 0.3 is 0 Å². The van der Waals surface area contributed by atoms with Crippen molar-refractivity contribution in [1.29, 1.82) is 0 Å². The number of nitrogens with two attached hydrogens (primary N) is 2. The van der Waals surface area contributed by atoms with Crippen LogP contribution in [0.5, 0.6) is 0 Å². The highest BCUT2D eigenvalue weighted by molar-refractivity contribution is 7.83. The summed E-state index contributed by atoms with van der Waals surface area (Å²) in [7, 11) is 0.253. The fourth-order valence-corrected chi connectivity index (χ4v) is 4.89. The molecule has 1 unspecified atom stereocenters. The topological polar surface area (TPSA) is 102 Å². The molecule has 5 N–H and O–H groups in total. The number of hydrogen-bond donors (Lipinski definition) is 3. The number of nitrogens with one attached hydrogen (secondary N) is 1. The zero-order chi connectivity index (χ0) is 27.4. The van der Waals surface area contributed by atoms with Crippen LogP contribution in [0.25, 0.3) is 22.5 Å². The Kier molecular flexibility index (Phi) is 8.58. The van der Waals surface area contributed by atoms with Crippen LogP contribution in [0, 0.1) is 6.92 Å². The highest BCUT2D eigenvalue weighted by Gasteiger charge is 2.20. The molecule has 0 saturated heterocycles. The number of benzene rings is 3. The number of aromatic nitrogens is 2. The molecule has 1 aromatic heterocycles. The molecule has 0 aliphatic heterocycles. The lowest BCUT2D eigenvalue weighted by atomic mass is 9.99. The van der Waals surface area contributed by atoms with E-state index < -0.39 is 17.4 Å². The average Bonchev–Trinajstić information content (AvgIpc) is 3.31. The second-order valence-electron chi connectivity index (χ2n) is 8.42. The summed E-state index contributed by atoms with van der Waals surface area (Å²) in [6.45, 7) is 1.96. The van der Waals surface area contributed by atoms with E-state index in [-0.39, 0.29) is 5.69 Å². The fourth-order valence-electron chi connectivity index (χ4n) is 4.10. The van der Waals surface area contributed by atoms with Crippen molar-refractivity contribution in [1.82, 2.24) is 19.3 Å². The molecule has 7 nitrogen and oxygen atoms in total. The smallest absolute Gasteiger partial charge is 0.281 e. The van der Waals surface area contributed by atoms with Gasteiger partial charge in [-0.1, -0.05) is 41.9 Å². The molecule has 0 aliphatic rings. The van der Waals surface area contributed by atoms with Gasteiger partial charge in [0.2, 0.25) is 0 Å². The average molecular weight is 557 g/mol. The van der Waals surface area contributed by atoms with Crippen LogP contribution in [0.4, 0.5) is 8.78 Å². The van der Waals surface area contributed by atoms with Crippen molar-refractivity contribution in [3.05, 3.63) is 107 Å². The fraction of sp³-hybridized carbons (Fsp3) is 0.148. The van der Waals surface area contributed by atoms with Crippen LogP contribution in [-0.2, 0) is 17.5 Å². The Balaban J connectivity index is 1.84. The molecule has 4 rings (SSSR count). The van der Waals surface area contributed by atoms with Crippen molar-refractivity contribution in [3.63, 3.8) is 0 Å². The van der Waals surface area contributed by atoms with E-state index in [0.717, 1.165) is 16.7 Å². The number of hydrazine groups is 1. The van der Waals surface area contributed by atoms with Crippen LogP contribution >= 0.6 is 11.6 Å². The minimum Gasteiger partial charge on any atom is -0.403 e. The number of hydrogen-bond acceptors (Lipinski definition) is 5. The summed E-state index contributed by atoms with van der Waals surface area (Å²) in [6.07, 6.45) is -0.0248. The lowest BCUT2D eigenvalue weighted by Crippen LogP contribution is -2.30. The van der Waals surface area contributed by atoms with Crippen molar-refractivity contribution in [3.8, 4) is 16.8 Å². The van der Waals surface area contributed by atoms with Gasteiger partial charge in [-0.3, -0.25) is 0 Å². The SMILES string of the molecule is CNS(=O)c1cccc(-c2ccc(-n3cc(C(F)F)nc3C)c(/C(=C/N)N(N)Cc3ccc(Cl)cc3)c2)c1. The summed E-state index contributed by atoms with van der Waals surface area (Å²) in [5, 5.41) is 2.09. The van der Waals surface area contributed by atoms with Gasteiger partial charge < -0.3 is 15.3 Å². The number of imidazole rings is 1. The van der Waals surface area contributed by atoms with E-state index >= 15 is 0 Å². The van der Waals surface area contributed by atoms with Crippen molar-refractivity contribution in [2.45, 2.75) is 24.8 Å². The summed E-state index contributed by atoms with van der Waals surface area (Å²) in [6, 6.07) is 20.1. The first-order chi connectivity index (χ1) is 18.2. The molecule has 0 spiro atoms. The van der Waals surface area contributed by atoms with Gasteiger partial charge in [-0.15, -0.1) is 0 Å². The third-order valence-corrected chi connectivity index (χ3v) is 7.26. The van der Waals surface area contributed by atoms with Gasteiger partial charge in [0.1, 0.15) is 22.5 Å². The molecular formula is C27H27ClF2N6OS. The third-order valence-electron chi connectivity index (χ3n) is 5.96. The Hall–Kier alpha value is -3.57. The second kappa shape index (κ2) is 11.9. The van der Waals surface area contributed by atoms with Crippen molar-refractivity contribution < 1.29 is 13.0 Å². The summed E-state index contributed by atoms with van der Waals surface area (Å²) in [5.41, 5.74) is 9.91. The zero-order valence-corrected chi connectivity index (χ0v) is 22.3. The molecule has 0 radical (unpaired) electrons. The summed E-state index contributed by atoms with van der Waals surface area (Å²) in [5.74, 6) is 6.89. The van der Waals surface area contributed by atoms with Crippen molar-refractivity contribution in [2.75, 3.05) is 7.05 Å². The standard InChI is InChI=1S/C27H27ClF2N6OS/c1-17-34-24(27(29)30)16-35(17)25-11-8-20(19-4-3-5-22(12-19)38(37)33-2)13-23(25)26(14-31)36(32)15-18-6-9-21(28)10-7-18/h3-14,16,27,33H,15,31-32H2,1-2H3/b26-14-. The van der Waals surface area contributed by atoms with Gasteiger partial charge in [0.25, 0.3) is 6.43 Å². The molecule has 4 aromatic rings. The molecule has 1 atom stereocenters. The first-order valence-electron chi connectivity index (χ1n) is 11.6. The van der Waals surface area contributed by atoms with E-state index in [9.17, 15) is 13.0 Å². The molecule has 38 heavy (non-hydrogen) atoms. The van der Waals surface area contributed by atoms with Gasteiger partial charge in [0, 0.05) is 23.0 Å². The van der Waals surface area contributed by atoms with Gasteiger partial charge in [-0.05, 0) is 67.1 Å². The molecular weight excluding hydrogens is 530 g/mol. The first-order valence-corrected chi connectivity index (χ1v) is 13.1. The Morgan fingerprint density at radius 1 is 1.16 bits per heavy atom. The van der Waals surface area contributed by atoms with E-state index in [1.165, 1.54) is 17.4 Å². The molecule has 3 aromatic carbocycles. The maximum atomic E-state index is 13.4. The van der Waals surface area contributed by atoms with E-state index in [2.05, 4.69) is 9.71 Å². The van der Waals surface area contributed by atoms with Crippen LogP contribution in [0.3, 0.4) is 0 Å².